The molecule has 0 aromatic heterocycles. The molecule has 0 radical (unpaired) electrons. The molecule has 4 nitrogen and oxygen atoms in total. The number of hydrogen-bond acceptors (Lipinski definition) is 4. The van der Waals surface area contributed by atoms with Crippen LogP contribution in [0.15, 0.2) is 24.3 Å². The molecular weight excluding hydrogens is 273 g/mol. The Morgan fingerprint density at radius 3 is 2.62 bits per heavy atom. The third-order valence-electron chi connectivity index (χ3n) is 3.39. The molecule has 1 aromatic rings. The van der Waals surface area contributed by atoms with Crippen LogP contribution in [0.5, 0.6) is 0 Å². The van der Waals surface area contributed by atoms with Crippen LogP contribution in [0.1, 0.15) is 25.8 Å². The molecule has 0 saturated carbocycles. The fraction of sp³-hybridized carbons (Fsp3) is 0.625. The second kappa shape index (κ2) is 9.84. The summed E-state index contributed by atoms with van der Waals surface area (Å²) in [7, 11) is 0. The summed E-state index contributed by atoms with van der Waals surface area (Å²) in [5.74, 6) is 0.0802. The molecule has 3 N–H and O–H groups in total. The molecule has 0 aliphatic rings. The number of aliphatic hydroxyl groups excluding tert-OH is 2. The maximum atomic E-state index is 13.4. The largest absolute Gasteiger partial charge is 0.396 e. The lowest BCUT2D eigenvalue weighted by Gasteiger charge is -2.23. The van der Waals surface area contributed by atoms with Gasteiger partial charge in [0.15, 0.2) is 0 Å². The van der Waals surface area contributed by atoms with Crippen LogP contribution < -0.4 is 5.32 Å². The fourth-order valence-corrected chi connectivity index (χ4v) is 2.08. The van der Waals surface area contributed by atoms with Gasteiger partial charge in [-0.15, -0.1) is 0 Å². The molecule has 2 unspecified atom stereocenters. The molecule has 1 rings (SSSR count). The zero-order chi connectivity index (χ0) is 15.7. The van der Waals surface area contributed by atoms with Crippen molar-refractivity contribution < 1.29 is 19.3 Å². The van der Waals surface area contributed by atoms with Crippen molar-refractivity contribution in [1.29, 1.82) is 0 Å². The summed E-state index contributed by atoms with van der Waals surface area (Å²) in [5.41, 5.74) is 0.484. The third kappa shape index (κ3) is 7.00. The summed E-state index contributed by atoms with van der Waals surface area (Å²) in [6, 6.07) is 6.60. The molecule has 120 valence electrons. The lowest BCUT2D eigenvalue weighted by Crippen LogP contribution is -2.40. The first-order chi connectivity index (χ1) is 10.0. The summed E-state index contributed by atoms with van der Waals surface area (Å²) in [6.07, 6.45) is -0.00257. The highest BCUT2D eigenvalue weighted by Gasteiger charge is 2.14. The van der Waals surface area contributed by atoms with Gasteiger partial charge in [-0.1, -0.05) is 32.0 Å². The van der Waals surface area contributed by atoms with Crippen molar-refractivity contribution in [2.24, 2.45) is 5.92 Å². The van der Waals surface area contributed by atoms with Crippen molar-refractivity contribution in [2.45, 2.75) is 39.0 Å². The van der Waals surface area contributed by atoms with Gasteiger partial charge in [-0.25, -0.2) is 4.39 Å². The van der Waals surface area contributed by atoms with Crippen LogP contribution in [-0.4, -0.2) is 42.1 Å². The van der Waals surface area contributed by atoms with Gasteiger partial charge < -0.3 is 20.3 Å². The fourth-order valence-electron chi connectivity index (χ4n) is 2.08. The number of hydrogen-bond donors (Lipinski definition) is 3. The first-order valence-electron chi connectivity index (χ1n) is 7.38. The molecule has 0 bridgehead atoms. The van der Waals surface area contributed by atoms with Crippen molar-refractivity contribution in [3.05, 3.63) is 35.6 Å². The Bertz CT molecular complexity index is 401. The minimum atomic E-state index is -0.656. The van der Waals surface area contributed by atoms with Gasteiger partial charge in [0.05, 0.1) is 19.3 Å². The topological polar surface area (TPSA) is 61.7 Å². The number of benzene rings is 1. The third-order valence-corrected chi connectivity index (χ3v) is 3.39. The van der Waals surface area contributed by atoms with Gasteiger partial charge >= 0.3 is 0 Å². The smallest absolute Gasteiger partial charge is 0.128 e. The van der Waals surface area contributed by atoms with E-state index in [1.807, 2.05) is 0 Å². The Hall–Kier alpha value is -1.01. The Labute approximate surface area is 125 Å². The standard InChI is InChI=1S/C16H26FNO3/c1-12(2)16(7-8-19)18-9-14(20)11-21-10-13-5-3-4-6-15(13)17/h3-6,12,14,16,18-20H,7-11H2,1-2H3. The van der Waals surface area contributed by atoms with Gasteiger partial charge in [-0.2, -0.15) is 0 Å². The molecule has 0 aliphatic heterocycles. The SMILES string of the molecule is CC(C)C(CCO)NCC(O)COCc1ccccc1F. The Morgan fingerprint density at radius 1 is 1.29 bits per heavy atom. The zero-order valence-corrected chi connectivity index (χ0v) is 12.8. The lowest BCUT2D eigenvalue weighted by atomic mass is 10.0. The molecular formula is C16H26FNO3. The van der Waals surface area contributed by atoms with E-state index >= 15 is 0 Å². The quantitative estimate of drug-likeness (QED) is 0.615. The van der Waals surface area contributed by atoms with Crippen LogP contribution in [-0.2, 0) is 11.3 Å². The maximum absolute atomic E-state index is 13.4. The van der Waals surface area contributed by atoms with Crippen LogP contribution >= 0.6 is 0 Å². The van der Waals surface area contributed by atoms with E-state index in [9.17, 15) is 9.50 Å². The summed E-state index contributed by atoms with van der Waals surface area (Å²) in [5, 5.41) is 22.0. The normalized spacial score (nSPS) is 14.4. The van der Waals surface area contributed by atoms with Crippen molar-refractivity contribution >= 4 is 0 Å². The van der Waals surface area contributed by atoms with Crippen LogP contribution in [0.25, 0.3) is 0 Å². The number of ether oxygens (including phenoxy) is 1. The minimum Gasteiger partial charge on any atom is -0.396 e. The summed E-state index contributed by atoms with van der Waals surface area (Å²) >= 11 is 0. The van der Waals surface area contributed by atoms with Gasteiger partial charge in [0, 0.05) is 24.8 Å². The molecule has 5 heteroatoms. The van der Waals surface area contributed by atoms with Crippen LogP contribution in [0.4, 0.5) is 4.39 Å². The van der Waals surface area contributed by atoms with Crippen LogP contribution in [0.3, 0.4) is 0 Å². The molecule has 21 heavy (non-hydrogen) atoms. The molecule has 1 aromatic carbocycles. The maximum Gasteiger partial charge on any atom is 0.128 e. The number of halogens is 1. The average Bonchev–Trinajstić information content (AvgIpc) is 2.45. The summed E-state index contributed by atoms with van der Waals surface area (Å²) in [6.45, 7) is 4.93. The minimum absolute atomic E-state index is 0.121. The van der Waals surface area contributed by atoms with Gasteiger partial charge in [-0.3, -0.25) is 0 Å². The highest BCUT2D eigenvalue weighted by Crippen LogP contribution is 2.08. The van der Waals surface area contributed by atoms with Gasteiger partial charge in [0.2, 0.25) is 0 Å². The predicted molar refractivity (Wildman–Crippen MR) is 80.4 cm³/mol. The van der Waals surface area contributed by atoms with E-state index in [1.165, 1.54) is 6.07 Å². The van der Waals surface area contributed by atoms with Gasteiger partial charge in [0.25, 0.3) is 0 Å². The molecule has 0 fully saturated rings. The summed E-state index contributed by atoms with van der Waals surface area (Å²) in [4.78, 5) is 0. The monoisotopic (exact) mass is 299 g/mol. The van der Waals surface area contributed by atoms with E-state index in [1.54, 1.807) is 18.2 Å². The second-order valence-electron chi connectivity index (χ2n) is 5.53. The van der Waals surface area contributed by atoms with E-state index in [0.29, 0.717) is 24.4 Å². The number of nitrogens with one attached hydrogen (secondary N) is 1. The van der Waals surface area contributed by atoms with E-state index in [-0.39, 0.29) is 31.7 Å². The lowest BCUT2D eigenvalue weighted by molar-refractivity contribution is 0.0254. The van der Waals surface area contributed by atoms with Crippen molar-refractivity contribution in [3.8, 4) is 0 Å². The molecule has 0 heterocycles. The molecule has 0 spiro atoms. The predicted octanol–water partition coefficient (Wildman–Crippen LogP) is 1.70. The molecule has 2 atom stereocenters. The van der Waals surface area contributed by atoms with E-state index < -0.39 is 6.10 Å². The molecule has 0 amide bonds. The van der Waals surface area contributed by atoms with Crippen molar-refractivity contribution in [2.75, 3.05) is 19.8 Å². The molecule has 0 aliphatic carbocycles. The first kappa shape index (κ1) is 18.0. The second-order valence-corrected chi connectivity index (χ2v) is 5.53. The number of rotatable bonds is 10. The van der Waals surface area contributed by atoms with E-state index in [2.05, 4.69) is 19.2 Å². The average molecular weight is 299 g/mol. The highest BCUT2D eigenvalue weighted by atomic mass is 19.1. The van der Waals surface area contributed by atoms with Gasteiger partial charge in [-0.05, 0) is 18.4 Å². The van der Waals surface area contributed by atoms with Crippen molar-refractivity contribution in [1.82, 2.24) is 5.32 Å². The number of aliphatic hydroxyl groups is 2. The van der Waals surface area contributed by atoms with Crippen LogP contribution in [0, 0.1) is 11.7 Å². The molecule has 0 saturated heterocycles. The van der Waals surface area contributed by atoms with E-state index in [0.717, 1.165) is 0 Å². The van der Waals surface area contributed by atoms with Crippen LogP contribution in [0.2, 0.25) is 0 Å². The van der Waals surface area contributed by atoms with E-state index in [4.69, 9.17) is 9.84 Å². The first-order valence-corrected chi connectivity index (χ1v) is 7.38. The van der Waals surface area contributed by atoms with Gasteiger partial charge in [0.1, 0.15) is 5.82 Å². The Balaban J connectivity index is 2.25. The highest BCUT2D eigenvalue weighted by molar-refractivity contribution is 5.16. The summed E-state index contributed by atoms with van der Waals surface area (Å²) < 4.78 is 18.7. The van der Waals surface area contributed by atoms with Crippen molar-refractivity contribution in [3.63, 3.8) is 0 Å². The zero-order valence-electron chi connectivity index (χ0n) is 12.8. The Morgan fingerprint density at radius 2 is 2.00 bits per heavy atom. The Kier molecular flexibility index (Phi) is 8.45.